The van der Waals surface area contributed by atoms with Crippen LogP contribution < -0.4 is 0 Å². The van der Waals surface area contributed by atoms with Gasteiger partial charge in [0.25, 0.3) is 0 Å². The molecule has 1 aromatic carbocycles. The SMILES string of the molecule is CCOC(=O)OCOC(=O)Cc1cc[c]cc1. The van der Waals surface area contributed by atoms with Crippen LogP contribution in [-0.2, 0) is 25.4 Å². The van der Waals surface area contributed by atoms with E-state index in [1.807, 2.05) is 0 Å². The summed E-state index contributed by atoms with van der Waals surface area (Å²) < 4.78 is 13.7. The number of esters is 1. The molecular weight excluding hydrogens is 224 g/mol. The van der Waals surface area contributed by atoms with Crippen molar-refractivity contribution >= 4 is 12.1 Å². The average molecular weight is 237 g/mol. The fourth-order valence-corrected chi connectivity index (χ4v) is 1.06. The fraction of sp³-hybridized carbons (Fsp3) is 0.333. The van der Waals surface area contributed by atoms with Crippen LogP contribution in [0.1, 0.15) is 12.5 Å². The molecule has 0 saturated carbocycles. The van der Waals surface area contributed by atoms with E-state index >= 15 is 0 Å². The summed E-state index contributed by atoms with van der Waals surface area (Å²) >= 11 is 0. The summed E-state index contributed by atoms with van der Waals surface area (Å²) in [7, 11) is 0. The molecule has 1 rings (SSSR count). The van der Waals surface area contributed by atoms with E-state index in [4.69, 9.17) is 4.74 Å². The van der Waals surface area contributed by atoms with Crippen LogP contribution in [0.4, 0.5) is 4.79 Å². The van der Waals surface area contributed by atoms with E-state index in [2.05, 4.69) is 15.5 Å². The highest BCUT2D eigenvalue weighted by Gasteiger charge is 2.07. The maximum atomic E-state index is 11.3. The normalized spacial score (nSPS) is 9.47. The van der Waals surface area contributed by atoms with Crippen LogP contribution in [0.5, 0.6) is 0 Å². The highest BCUT2D eigenvalue weighted by atomic mass is 16.8. The van der Waals surface area contributed by atoms with Gasteiger partial charge in [-0.2, -0.15) is 0 Å². The van der Waals surface area contributed by atoms with E-state index in [-0.39, 0.29) is 13.0 Å². The van der Waals surface area contributed by atoms with Gasteiger partial charge >= 0.3 is 12.1 Å². The highest BCUT2D eigenvalue weighted by Crippen LogP contribution is 2.00. The molecule has 0 unspecified atom stereocenters. The van der Waals surface area contributed by atoms with Gasteiger partial charge in [0.1, 0.15) is 0 Å². The summed E-state index contributed by atoms with van der Waals surface area (Å²) in [5.74, 6) is -0.472. The van der Waals surface area contributed by atoms with Crippen LogP contribution >= 0.6 is 0 Å². The lowest BCUT2D eigenvalue weighted by molar-refractivity contribution is -0.152. The third kappa shape index (κ3) is 5.55. The van der Waals surface area contributed by atoms with Crippen molar-refractivity contribution in [2.45, 2.75) is 13.3 Å². The Morgan fingerprint density at radius 3 is 2.53 bits per heavy atom. The third-order valence-corrected chi connectivity index (χ3v) is 1.79. The molecule has 0 atom stereocenters. The van der Waals surface area contributed by atoms with Crippen molar-refractivity contribution in [3.63, 3.8) is 0 Å². The number of hydrogen-bond donors (Lipinski definition) is 0. The van der Waals surface area contributed by atoms with E-state index in [1.54, 1.807) is 31.2 Å². The summed E-state index contributed by atoms with van der Waals surface area (Å²) in [6, 6.07) is 9.77. The first-order valence-corrected chi connectivity index (χ1v) is 5.12. The van der Waals surface area contributed by atoms with E-state index in [0.717, 1.165) is 5.56 Å². The lowest BCUT2D eigenvalue weighted by Gasteiger charge is -2.05. The van der Waals surface area contributed by atoms with Gasteiger partial charge < -0.3 is 14.2 Å². The van der Waals surface area contributed by atoms with Crippen molar-refractivity contribution in [2.75, 3.05) is 13.4 Å². The lowest BCUT2D eigenvalue weighted by atomic mass is 10.2. The third-order valence-electron chi connectivity index (χ3n) is 1.79. The standard InChI is InChI=1S/C12H13O5/c1-2-15-12(14)17-9-16-11(13)8-10-6-4-3-5-7-10/h4-7H,2,8-9H2,1H3. The number of benzene rings is 1. The molecule has 91 valence electrons. The van der Waals surface area contributed by atoms with Crippen LogP contribution in [0.3, 0.4) is 0 Å². The van der Waals surface area contributed by atoms with E-state index in [1.165, 1.54) is 0 Å². The zero-order valence-electron chi connectivity index (χ0n) is 9.47. The molecule has 1 aromatic rings. The summed E-state index contributed by atoms with van der Waals surface area (Å²) in [6.45, 7) is 1.43. The van der Waals surface area contributed by atoms with Crippen molar-refractivity contribution in [1.29, 1.82) is 0 Å². The van der Waals surface area contributed by atoms with Crippen molar-refractivity contribution in [2.24, 2.45) is 0 Å². The van der Waals surface area contributed by atoms with Crippen molar-refractivity contribution in [3.8, 4) is 0 Å². The maximum Gasteiger partial charge on any atom is 0.511 e. The summed E-state index contributed by atoms with van der Waals surface area (Å²) in [4.78, 5) is 22.0. The van der Waals surface area contributed by atoms with Crippen molar-refractivity contribution in [1.82, 2.24) is 0 Å². The Morgan fingerprint density at radius 2 is 1.88 bits per heavy atom. The number of rotatable bonds is 5. The summed E-state index contributed by atoms with van der Waals surface area (Å²) in [5.41, 5.74) is 0.810. The molecule has 0 amide bonds. The average Bonchev–Trinajstić information content (AvgIpc) is 2.30. The summed E-state index contributed by atoms with van der Waals surface area (Å²) in [5, 5.41) is 0. The van der Waals surface area contributed by atoms with Gasteiger partial charge in [-0.15, -0.1) is 0 Å². The molecule has 0 N–H and O–H groups in total. The Morgan fingerprint density at radius 1 is 1.18 bits per heavy atom. The topological polar surface area (TPSA) is 61.8 Å². The molecule has 5 heteroatoms. The van der Waals surface area contributed by atoms with Crippen molar-refractivity contribution in [3.05, 3.63) is 35.9 Å². The van der Waals surface area contributed by atoms with E-state index < -0.39 is 18.9 Å². The highest BCUT2D eigenvalue weighted by molar-refractivity contribution is 5.72. The van der Waals surface area contributed by atoms with Gasteiger partial charge in [0, 0.05) is 0 Å². The molecule has 0 aliphatic heterocycles. The largest absolute Gasteiger partial charge is 0.511 e. The molecule has 0 saturated heterocycles. The first kappa shape index (κ1) is 13.0. The van der Waals surface area contributed by atoms with Crippen LogP contribution in [0.25, 0.3) is 0 Å². The molecule has 0 aliphatic carbocycles. The minimum Gasteiger partial charge on any atom is -0.435 e. The number of carbonyl (C=O) groups is 2. The Bertz CT molecular complexity index is 360. The van der Waals surface area contributed by atoms with E-state index in [9.17, 15) is 9.59 Å². The monoisotopic (exact) mass is 237 g/mol. The summed E-state index contributed by atoms with van der Waals surface area (Å²) in [6.07, 6.45) is -0.726. The van der Waals surface area contributed by atoms with Gasteiger partial charge in [-0.1, -0.05) is 24.3 Å². The van der Waals surface area contributed by atoms with Gasteiger partial charge in [0.15, 0.2) is 0 Å². The second-order valence-electron chi connectivity index (χ2n) is 3.05. The van der Waals surface area contributed by atoms with Crippen molar-refractivity contribution < 1.29 is 23.8 Å². The van der Waals surface area contributed by atoms with Crippen LogP contribution in [0.15, 0.2) is 24.3 Å². The molecule has 0 aliphatic rings. The van der Waals surface area contributed by atoms with Crippen LogP contribution in [-0.4, -0.2) is 25.5 Å². The molecule has 0 heterocycles. The maximum absolute atomic E-state index is 11.3. The minimum atomic E-state index is -0.852. The number of carbonyl (C=O) groups excluding carboxylic acids is 2. The molecular formula is C12H13O5. The molecule has 0 aromatic heterocycles. The second-order valence-corrected chi connectivity index (χ2v) is 3.05. The van der Waals surface area contributed by atoms with Crippen LogP contribution in [0.2, 0.25) is 0 Å². The molecule has 0 bridgehead atoms. The fourth-order valence-electron chi connectivity index (χ4n) is 1.06. The molecule has 1 radical (unpaired) electrons. The zero-order chi connectivity index (χ0) is 12.5. The van der Waals surface area contributed by atoms with E-state index in [0.29, 0.717) is 0 Å². The van der Waals surface area contributed by atoms with Gasteiger partial charge in [0.2, 0.25) is 6.79 Å². The Balaban J connectivity index is 2.20. The smallest absolute Gasteiger partial charge is 0.435 e. The quantitative estimate of drug-likeness (QED) is 0.576. The number of hydrogen-bond acceptors (Lipinski definition) is 5. The predicted molar refractivity (Wildman–Crippen MR) is 58.0 cm³/mol. The first-order chi connectivity index (χ1) is 8.22. The van der Waals surface area contributed by atoms with Gasteiger partial charge in [-0.3, -0.25) is 4.79 Å². The second kappa shape index (κ2) is 7.27. The molecule has 5 nitrogen and oxygen atoms in total. The van der Waals surface area contributed by atoms with Crippen LogP contribution in [0, 0.1) is 6.07 Å². The minimum absolute atomic E-state index is 0.126. The number of ether oxygens (including phenoxy) is 3. The molecule has 0 fully saturated rings. The first-order valence-electron chi connectivity index (χ1n) is 5.12. The van der Waals surface area contributed by atoms with Gasteiger partial charge in [0.05, 0.1) is 13.0 Å². The van der Waals surface area contributed by atoms with Gasteiger partial charge in [-0.25, -0.2) is 4.79 Å². The zero-order valence-corrected chi connectivity index (χ0v) is 9.47. The Hall–Kier alpha value is -2.04. The Labute approximate surface area is 99.3 Å². The lowest BCUT2D eigenvalue weighted by Crippen LogP contribution is -2.15. The van der Waals surface area contributed by atoms with Gasteiger partial charge in [-0.05, 0) is 18.6 Å². The molecule has 0 spiro atoms. The molecule has 17 heavy (non-hydrogen) atoms. The Kier molecular flexibility index (Phi) is 5.57. The predicted octanol–water partition coefficient (Wildman–Crippen LogP) is 1.70.